The van der Waals surface area contributed by atoms with Crippen molar-refractivity contribution < 1.29 is 23.7 Å². The van der Waals surface area contributed by atoms with Crippen LogP contribution in [0.3, 0.4) is 0 Å². The SMILES string of the molecule is CCCCCCNC(=O)CCCCOCC(COCCN=[N+]=[N-])(COCCN=[N+]=[N-])COCCN=[N+]=[N-]. The van der Waals surface area contributed by atoms with E-state index in [1.54, 1.807) is 0 Å². The number of azide groups is 3. The van der Waals surface area contributed by atoms with Crippen LogP contribution in [0.25, 0.3) is 31.3 Å². The van der Waals surface area contributed by atoms with Gasteiger partial charge in [0.2, 0.25) is 5.91 Å². The Kier molecular flexibility index (Phi) is 24.3. The molecule has 15 nitrogen and oxygen atoms in total. The smallest absolute Gasteiger partial charge is 0.219 e. The van der Waals surface area contributed by atoms with Gasteiger partial charge < -0.3 is 24.3 Å². The Balaban J connectivity index is 4.72. The molecule has 0 spiro atoms. The lowest BCUT2D eigenvalue weighted by molar-refractivity contribution is -0.121. The maximum Gasteiger partial charge on any atom is 0.219 e. The number of carbonyl (C=O) groups is 1. The van der Waals surface area contributed by atoms with E-state index in [1.165, 1.54) is 12.8 Å². The average Bonchev–Trinajstić information content (AvgIpc) is 2.90. The quantitative estimate of drug-likeness (QED) is 0.0686. The van der Waals surface area contributed by atoms with Crippen molar-refractivity contribution >= 4 is 5.91 Å². The van der Waals surface area contributed by atoms with Gasteiger partial charge in [-0.15, -0.1) is 0 Å². The summed E-state index contributed by atoms with van der Waals surface area (Å²) in [6.45, 7) is 5.40. The van der Waals surface area contributed by atoms with Gasteiger partial charge in [0.05, 0.1) is 51.7 Å². The van der Waals surface area contributed by atoms with E-state index in [-0.39, 0.29) is 71.8 Å². The topological polar surface area (TPSA) is 212 Å². The number of hydrogen-bond acceptors (Lipinski definition) is 8. The van der Waals surface area contributed by atoms with E-state index in [9.17, 15) is 4.79 Å². The number of ether oxygens (including phenoxy) is 4. The molecule has 0 aliphatic heterocycles. The minimum atomic E-state index is -0.695. The molecule has 1 amide bonds. The minimum absolute atomic E-state index is 0.0566. The first-order valence-electron chi connectivity index (χ1n) is 12.7. The van der Waals surface area contributed by atoms with Crippen LogP contribution in [0, 0.1) is 5.41 Å². The number of unbranched alkanes of at least 4 members (excludes halogenated alkanes) is 4. The summed E-state index contributed by atoms with van der Waals surface area (Å²) in [6, 6.07) is 0. The van der Waals surface area contributed by atoms with Crippen LogP contribution in [0.15, 0.2) is 15.3 Å². The van der Waals surface area contributed by atoms with Crippen LogP contribution in [0.2, 0.25) is 0 Å². The van der Waals surface area contributed by atoms with Gasteiger partial charge in [-0.05, 0) is 35.9 Å². The molecule has 0 atom stereocenters. The molecule has 15 heteroatoms. The van der Waals surface area contributed by atoms with Gasteiger partial charge in [0, 0.05) is 53.9 Å². The highest BCUT2D eigenvalue weighted by molar-refractivity contribution is 5.75. The molecule has 0 aromatic carbocycles. The second kappa shape index (κ2) is 26.3. The lowest BCUT2D eigenvalue weighted by Crippen LogP contribution is -2.42. The summed E-state index contributed by atoms with van der Waals surface area (Å²) in [4.78, 5) is 20.1. The van der Waals surface area contributed by atoms with E-state index in [4.69, 9.17) is 35.5 Å². The van der Waals surface area contributed by atoms with Gasteiger partial charge in [0.15, 0.2) is 0 Å². The normalized spacial score (nSPS) is 12.0. The maximum atomic E-state index is 12.0. The van der Waals surface area contributed by atoms with Crippen LogP contribution in [0.5, 0.6) is 0 Å². The van der Waals surface area contributed by atoms with E-state index >= 15 is 0 Å². The van der Waals surface area contributed by atoms with E-state index in [2.05, 4.69) is 42.3 Å². The molecule has 0 fully saturated rings. The highest BCUT2D eigenvalue weighted by Crippen LogP contribution is 2.21. The van der Waals surface area contributed by atoms with Crippen molar-refractivity contribution in [3.05, 3.63) is 31.3 Å². The molecule has 0 aromatic heterocycles. The third-order valence-electron chi connectivity index (χ3n) is 5.12. The summed E-state index contributed by atoms with van der Waals surface area (Å²) >= 11 is 0. The summed E-state index contributed by atoms with van der Waals surface area (Å²) in [5.41, 5.74) is 24.6. The predicted octanol–water partition coefficient (Wildman–Crippen LogP) is 4.84. The predicted molar refractivity (Wildman–Crippen MR) is 139 cm³/mol. The van der Waals surface area contributed by atoms with Crippen molar-refractivity contribution in [2.24, 2.45) is 20.8 Å². The van der Waals surface area contributed by atoms with Crippen molar-refractivity contribution in [1.82, 2.24) is 5.32 Å². The van der Waals surface area contributed by atoms with E-state index < -0.39 is 5.41 Å². The first-order valence-corrected chi connectivity index (χ1v) is 12.7. The largest absolute Gasteiger partial charge is 0.381 e. The van der Waals surface area contributed by atoms with Gasteiger partial charge in [-0.3, -0.25) is 4.79 Å². The molecule has 37 heavy (non-hydrogen) atoms. The summed E-state index contributed by atoms with van der Waals surface area (Å²) in [6.07, 6.45) is 6.37. The Hall–Kier alpha value is -2.76. The van der Waals surface area contributed by atoms with Crippen molar-refractivity contribution in [2.75, 3.05) is 79.0 Å². The molecule has 0 saturated heterocycles. The molecule has 0 aliphatic rings. The lowest BCUT2D eigenvalue weighted by Gasteiger charge is -2.33. The average molecular weight is 527 g/mol. The molecular formula is C22H42N10O5. The second-order valence-electron chi connectivity index (χ2n) is 8.44. The second-order valence-corrected chi connectivity index (χ2v) is 8.44. The highest BCUT2D eigenvalue weighted by Gasteiger charge is 2.32. The molecule has 0 aromatic rings. The molecule has 0 bridgehead atoms. The molecule has 0 rings (SSSR count). The zero-order chi connectivity index (χ0) is 27.3. The number of rotatable bonds is 27. The van der Waals surface area contributed by atoms with Gasteiger partial charge in [-0.1, -0.05) is 41.5 Å². The fourth-order valence-corrected chi connectivity index (χ4v) is 3.21. The Bertz CT molecular complexity index is 658. The summed E-state index contributed by atoms with van der Waals surface area (Å²) in [5, 5.41) is 13.3. The number of hydrogen-bond donors (Lipinski definition) is 1. The number of carbonyl (C=O) groups excluding carboxylic acids is 1. The summed E-state index contributed by atoms with van der Waals surface area (Å²) < 4.78 is 23.0. The number of nitrogens with one attached hydrogen (secondary N) is 1. The number of amides is 1. The van der Waals surface area contributed by atoms with Crippen LogP contribution in [-0.4, -0.2) is 84.9 Å². The molecule has 1 N–H and O–H groups in total. The van der Waals surface area contributed by atoms with Crippen LogP contribution in [0.4, 0.5) is 0 Å². The first-order chi connectivity index (χ1) is 18.1. The fourth-order valence-electron chi connectivity index (χ4n) is 3.21. The molecule has 0 heterocycles. The van der Waals surface area contributed by atoms with Gasteiger partial charge in [-0.25, -0.2) is 0 Å². The third-order valence-corrected chi connectivity index (χ3v) is 5.12. The minimum Gasteiger partial charge on any atom is -0.381 e. The summed E-state index contributed by atoms with van der Waals surface area (Å²) in [7, 11) is 0. The van der Waals surface area contributed by atoms with E-state index in [0.29, 0.717) is 25.9 Å². The van der Waals surface area contributed by atoms with Gasteiger partial charge >= 0.3 is 0 Å². The molecule has 0 aliphatic carbocycles. The van der Waals surface area contributed by atoms with E-state index in [0.717, 1.165) is 19.4 Å². The summed E-state index contributed by atoms with van der Waals surface area (Å²) in [5.74, 6) is 0.0566. The Morgan fingerprint density at radius 3 is 1.65 bits per heavy atom. The van der Waals surface area contributed by atoms with Crippen LogP contribution in [0.1, 0.15) is 51.9 Å². The van der Waals surface area contributed by atoms with Crippen molar-refractivity contribution in [3.8, 4) is 0 Å². The zero-order valence-corrected chi connectivity index (χ0v) is 22.0. The van der Waals surface area contributed by atoms with Gasteiger partial charge in [0.1, 0.15) is 0 Å². The molecule has 210 valence electrons. The third kappa shape index (κ3) is 22.2. The Morgan fingerprint density at radius 2 is 1.19 bits per heavy atom. The number of nitrogens with zero attached hydrogens (tertiary/aromatic N) is 9. The van der Waals surface area contributed by atoms with Crippen molar-refractivity contribution in [1.29, 1.82) is 0 Å². The van der Waals surface area contributed by atoms with Gasteiger partial charge in [-0.2, -0.15) is 0 Å². The molecular weight excluding hydrogens is 484 g/mol. The first kappa shape index (κ1) is 34.2. The Labute approximate surface area is 218 Å². The molecule has 0 radical (unpaired) electrons. The van der Waals surface area contributed by atoms with Crippen LogP contribution >= 0.6 is 0 Å². The lowest BCUT2D eigenvalue weighted by atomic mass is 9.92. The molecule has 0 unspecified atom stereocenters. The van der Waals surface area contributed by atoms with Crippen LogP contribution < -0.4 is 5.32 Å². The van der Waals surface area contributed by atoms with E-state index in [1.807, 2.05) is 0 Å². The highest BCUT2D eigenvalue weighted by atomic mass is 16.5. The maximum absolute atomic E-state index is 12.0. The van der Waals surface area contributed by atoms with Crippen molar-refractivity contribution in [2.45, 2.75) is 51.9 Å². The van der Waals surface area contributed by atoms with Crippen LogP contribution in [-0.2, 0) is 23.7 Å². The zero-order valence-electron chi connectivity index (χ0n) is 22.0. The molecule has 0 saturated carbocycles. The van der Waals surface area contributed by atoms with Crippen molar-refractivity contribution in [3.63, 3.8) is 0 Å². The van der Waals surface area contributed by atoms with Gasteiger partial charge in [0.25, 0.3) is 0 Å². The standard InChI is InChI=1S/C22H42N10O5/c1-2-3-4-6-9-26-21(33)8-5-7-13-34-17-22(18-35-14-10-27-30-23,19-36-15-11-28-31-24)20-37-16-12-29-32-25/h2-20H2,1H3,(H,26,33). The fraction of sp³-hybridized carbons (Fsp3) is 0.955. The monoisotopic (exact) mass is 526 g/mol. The Morgan fingerprint density at radius 1 is 0.703 bits per heavy atom.